The van der Waals surface area contributed by atoms with E-state index in [0.717, 1.165) is 9.35 Å². The number of aryl methyl sites for hydroxylation is 1. The van der Waals surface area contributed by atoms with E-state index < -0.39 is 16.1 Å². The molecule has 2 heterocycles. The third kappa shape index (κ3) is 2.63. The minimum atomic E-state index is -3.54. The van der Waals surface area contributed by atoms with Crippen LogP contribution >= 0.6 is 27.3 Å². The molecule has 102 valence electrons. The second kappa shape index (κ2) is 5.56. The molecule has 1 fully saturated rings. The number of halogens is 1. The number of thiophene rings is 1. The summed E-state index contributed by atoms with van der Waals surface area (Å²) in [5.74, 6) is 0. The average Bonchev–Trinajstić information content (AvgIpc) is 2.70. The van der Waals surface area contributed by atoms with Crippen molar-refractivity contribution in [1.29, 1.82) is 0 Å². The molecule has 1 aromatic heterocycles. The number of aliphatic hydroxyl groups is 1. The van der Waals surface area contributed by atoms with Gasteiger partial charge in [-0.05, 0) is 34.5 Å². The fraction of sp³-hybridized carbons (Fsp3) is 0.600. The Hall–Kier alpha value is 0.01000. The molecule has 0 amide bonds. The lowest BCUT2D eigenvalue weighted by molar-refractivity contribution is 0.0110. The van der Waals surface area contributed by atoms with Crippen LogP contribution in [0, 0.1) is 6.92 Å². The van der Waals surface area contributed by atoms with Gasteiger partial charge in [-0.25, -0.2) is 8.42 Å². The third-order valence-corrected chi connectivity index (χ3v) is 7.32. The van der Waals surface area contributed by atoms with E-state index in [-0.39, 0.29) is 19.8 Å². The molecule has 1 aromatic rings. The number of rotatable bonds is 3. The van der Waals surface area contributed by atoms with Crippen LogP contribution in [-0.2, 0) is 14.8 Å². The van der Waals surface area contributed by atoms with Gasteiger partial charge >= 0.3 is 0 Å². The van der Waals surface area contributed by atoms with E-state index in [1.165, 1.54) is 15.6 Å². The van der Waals surface area contributed by atoms with Crippen LogP contribution in [0.3, 0.4) is 0 Å². The van der Waals surface area contributed by atoms with Crippen LogP contribution in [0.15, 0.2) is 14.1 Å². The predicted molar refractivity (Wildman–Crippen MR) is 72.3 cm³/mol. The summed E-state index contributed by atoms with van der Waals surface area (Å²) in [6.07, 6.45) is 0. The van der Waals surface area contributed by atoms with Gasteiger partial charge in [-0.1, -0.05) is 0 Å². The first-order chi connectivity index (χ1) is 8.46. The first kappa shape index (κ1) is 14.4. The fourth-order valence-corrected chi connectivity index (χ4v) is 5.72. The molecule has 0 spiro atoms. The number of ether oxygens (including phenoxy) is 1. The number of morpholine rings is 1. The highest BCUT2D eigenvalue weighted by Gasteiger charge is 2.34. The molecule has 0 saturated carbocycles. The molecule has 1 atom stereocenters. The molecule has 1 aliphatic heterocycles. The second-order valence-corrected chi connectivity index (χ2v) is 8.54. The Balaban J connectivity index is 2.35. The van der Waals surface area contributed by atoms with Crippen LogP contribution in [-0.4, -0.2) is 50.2 Å². The Bertz CT molecular complexity index is 508. The highest BCUT2D eigenvalue weighted by atomic mass is 79.9. The van der Waals surface area contributed by atoms with Gasteiger partial charge in [-0.15, -0.1) is 11.3 Å². The standard InChI is InChI=1S/C10H14BrNO4S2/c1-7-4-9(17-10(7)11)18(14,15)12-2-3-16-6-8(12)5-13/h4,8,13H,2-3,5-6H2,1H3. The molecule has 1 aliphatic rings. The van der Waals surface area contributed by atoms with E-state index in [0.29, 0.717) is 10.8 Å². The van der Waals surface area contributed by atoms with Crippen LogP contribution in [0.5, 0.6) is 0 Å². The smallest absolute Gasteiger partial charge is 0.253 e. The van der Waals surface area contributed by atoms with Gasteiger partial charge in [0.05, 0.1) is 29.6 Å². The molecule has 1 N–H and O–H groups in total. The largest absolute Gasteiger partial charge is 0.395 e. The molecule has 2 rings (SSSR count). The minimum Gasteiger partial charge on any atom is -0.395 e. The maximum absolute atomic E-state index is 12.5. The van der Waals surface area contributed by atoms with Crippen molar-refractivity contribution in [3.05, 3.63) is 15.4 Å². The summed E-state index contributed by atoms with van der Waals surface area (Å²) in [7, 11) is -3.54. The van der Waals surface area contributed by atoms with E-state index in [2.05, 4.69) is 15.9 Å². The van der Waals surface area contributed by atoms with Crippen molar-refractivity contribution in [3.63, 3.8) is 0 Å². The van der Waals surface area contributed by atoms with E-state index in [1.54, 1.807) is 6.07 Å². The van der Waals surface area contributed by atoms with Crippen molar-refractivity contribution in [2.45, 2.75) is 17.2 Å². The molecular weight excluding hydrogens is 342 g/mol. The number of aliphatic hydroxyl groups excluding tert-OH is 1. The lowest BCUT2D eigenvalue weighted by Crippen LogP contribution is -2.50. The van der Waals surface area contributed by atoms with E-state index in [4.69, 9.17) is 4.74 Å². The predicted octanol–water partition coefficient (Wildman–Crippen LogP) is 1.20. The van der Waals surface area contributed by atoms with E-state index in [1.807, 2.05) is 6.92 Å². The summed E-state index contributed by atoms with van der Waals surface area (Å²) < 4.78 is 32.6. The van der Waals surface area contributed by atoms with E-state index >= 15 is 0 Å². The number of nitrogens with zero attached hydrogens (tertiary/aromatic N) is 1. The van der Waals surface area contributed by atoms with Crippen molar-refractivity contribution < 1.29 is 18.3 Å². The summed E-state index contributed by atoms with van der Waals surface area (Å²) in [5.41, 5.74) is 0.896. The summed E-state index contributed by atoms with van der Waals surface area (Å²) in [5, 5.41) is 9.24. The molecule has 8 heteroatoms. The monoisotopic (exact) mass is 355 g/mol. The van der Waals surface area contributed by atoms with Crippen LogP contribution < -0.4 is 0 Å². The zero-order chi connectivity index (χ0) is 13.3. The lowest BCUT2D eigenvalue weighted by atomic mass is 10.3. The second-order valence-electron chi connectivity index (χ2n) is 4.05. The van der Waals surface area contributed by atoms with Gasteiger partial charge in [0.25, 0.3) is 10.0 Å². The molecule has 0 bridgehead atoms. The maximum Gasteiger partial charge on any atom is 0.253 e. The van der Waals surface area contributed by atoms with Gasteiger partial charge in [0.2, 0.25) is 0 Å². The highest BCUT2D eigenvalue weighted by molar-refractivity contribution is 9.11. The normalized spacial score (nSPS) is 22.3. The van der Waals surface area contributed by atoms with Crippen LogP contribution in [0.2, 0.25) is 0 Å². The quantitative estimate of drug-likeness (QED) is 0.884. The Morgan fingerprint density at radius 2 is 2.39 bits per heavy atom. The molecular formula is C10H14BrNO4S2. The maximum atomic E-state index is 12.5. The summed E-state index contributed by atoms with van der Waals surface area (Å²) in [6, 6.07) is 1.15. The Morgan fingerprint density at radius 3 is 2.94 bits per heavy atom. The zero-order valence-electron chi connectivity index (χ0n) is 9.80. The topological polar surface area (TPSA) is 66.8 Å². The average molecular weight is 356 g/mol. The summed E-state index contributed by atoms with van der Waals surface area (Å²) in [6.45, 7) is 2.50. The van der Waals surface area contributed by atoms with Gasteiger partial charge in [0.1, 0.15) is 4.21 Å². The first-order valence-electron chi connectivity index (χ1n) is 5.43. The van der Waals surface area contributed by atoms with Gasteiger partial charge in [-0.2, -0.15) is 4.31 Å². The minimum absolute atomic E-state index is 0.231. The molecule has 0 radical (unpaired) electrons. The Labute approximate surface area is 119 Å². The van der Waals surface area contributed by atoms with Crippen LogP contribution in [0.25, 0.3) is 0 Å². The Kier molecular flexibility index (Phi) is 4.45. The molecule has 1 unspecified atom stereocenters. The van der Waals surface area contributed by atoms with E-state index in [9.17, 15) is 13.5 Å². The van der Waals surface area contributed by atoms with Crippen molar-refractivity contribution >= 4 is 37.3 Å². The molecule has 5 nitrogen and oxygen atoms in total. The molecule has 0 aliphatic carbocycles. The number of hydrogen-bond donors (Lipinski definition) is 1. The fourth-order valence-electron chi connectivity index (χ4n) is 1.77. The third-order valence-electron chi connectivity index (χ3n) is 2.78. The van der Waals surface area contributed by atoms with Crippen molar-refractivity contribution in [2.24, 2.45) is 0 Å². The molecule has 18 heavy (non-hydrogen) atoms. The van der Waals surface area contributed by atoms with Crippen molar-refractivity contribution in [1.82, 2.24) is 4.31 Å². The van der Waals surface area contributed by atoms with Crippen molar-refractivity contribution in [2.75, 3.05) is 26.4 Å². The van der Waals surface area contributed by atoms with Gasteiger partial charge in [0.15, 0.2) is 0 Å². The highest BCUT2D eigenvalue weighted by Crippen LogP contribution is 2.33. The molecule has 1 saturated heterocycles. The SMILES string of the molecule is Cc1cc(S(=O)(=O)N2CCOCC2CO)sc1Br. The van der Waals surface area contributed by atoms with Gasteiger partial charge in [0, 0.05) is 6.54 Å². The number of sulfonamides is 1. The molecule has 0 aromatic carbocycles. The first-order valence-corrected chi connectivity index (χ1v) is 8.48. The van der Waals surface area contributed by atoms with Crippen LogP contribution in [0.1, 0.15) is 5.56 Å². The lowest BCUT2D eigenvalue weighted by Gasteiger charge is -2.32. The van der Waals surface area contributed by atoms with Gasteiger partial charge in [-0.3, -0.25) is 0 Å². The summed E-state index contributed by atoms with van der Waals surface area (Å²) in [4.78, 5) is 0. The Morgan fingerprint density at radius 1 is 1.67 bits per heavy atom. The summed E-state index contributed by atoms with van der Waals surface area (Å²) >= 11 is 4.52. The van der Waals surface area contributed by atoms with Crippen LogP contribution in [0.4, 0.5) is 0 Å². The van der Waals surface area contributed by atoms with Crippen molar-refractivity contribution in [3.8, 4) is 0 Å². The zero-order valence-corrected chi connectivity index (χ0v) is 13.0. The number of hydrogen-bond acceptors (Lipinski definition) is 5. The van der Waals surface area contributed by atoms with Gasteiger partial charge < -0.3 is 9.84 Å².